The Morgan fingerprint density at radius 2 is 2.17 bits per heavy atom. The van der Waals surface area contributed by atoms with Gasteiger partial charge in [0, 0.05) is 22.4 Å². The number of nitrogens with two attached hydrogens (primary N) is 1. The normalized spacial score (nSPS) is 25.2. The summed E-state index contributed by atoms with van der Waals surface area (Å²) in [7, 11) is -3.41. The number of nitrogen functional groups attached to an aromatic ring is 1. The Labute approximate surface area is 116 Å². The number of rotatable bonds is 4. The maximum Gasteiger partial charge on any atom is 0.250 e. The van der Waals surface area contributed by atoms with E-state index in [0.717, 1.165) is 19.3 Å². The molecule has 2 atom stereocenters. The summed E-state index contributed by atoms with van der Waals surface area (Å²) < 4.78 is 27.6. The fourth-order valence-electron chi connectivity index (χ4n) is 2.24. The summed E-state index contributed by atoms with van der Waals surface area (Å²) in [4.78, 5) is 0. The summed E-state index contributed by atoms with van der Waals surface area (Å²) >= 11 is 2.92. The van der Waals surface area contributed by atoms with Crippen molar-refractivity contribution in [2.75, 3.05) is 12.0 Å². The largest absolute Gasteiger partial charge is 0.398 e. The van der Waals surface area contributed by atoms with Crippen molar-refractivity contribution < 1.29 is 8.42 Å². The summed E-state index contributed by atoms with van der Waals surface area (Å²) in [5.74, 6) is 0. The molecule has 2 rings (SSSR count). The smallest absolute Gasteiger partial charge is 0.250 e. The zero-order valence-corrected chi connectivity index (χ0v) is 12.7. The highest BCUT2D eigenvalue weighted by molar-refractivity contribution is 7.99. The SMILES string of the molecule is CSC1CCCCC1NS(=O)(=O)c1cc(N)cs1. The highest BCUT2D eigenvalue weighted by Gasteiger charge is 2.29. The minimum atomic E-state index is -3.41. The second-order valence-electron chi connectivity index (χ2n) is 4.49. The van der Waals surface area contributed by atoms with Gasteiger partial charge in [0.15, 0.2) is 0 Å². The van der Waals surface area contributed by atoms with E-state index in [0.29, 0.717) is 15.1 Å². The van der Waals surface area contributed by atoms with Crippen LogP contribution in [0.25, 0.3) is 0 Å². The Morgan fingerprint density at radius 1 is 1.44 bits per heavy atom. The van der Waals surface area contributed by atoms with Gasteiger partial charge >= 0.3 is 0 Å². The summed E-state index contributed by atoms with van der Waals surface area (Å²) in [6.07, 6.45) is 6.33. The van der Waals surface area contributed by atoms with Gasteiger partial charge in [-0.15, -0.1) is 11.3 Å². The first-order valence-electron chi connectivity index (χ1n) is 5.92. The first-order valence-corrected chi connectivity index (χ1v) is 9.57. The number of anilines is 1. The standard InChI is InChI=1S/C11H18N2O2S3/c1-16-10-5-3-2-4-9(10)13-18(14,15)11-6-8(12)7-17-11/h6-7,9-10,13H,2-5,12H2,1H3. The molecule has 102 valence electrons. The second kappa shape index (κ2) is 5.81. The van der Waals surface area contributed by atoms with E-state index in [1.165, 1.54) is 23.8 Å². The number of hydrogen-bond donors (Lipinski definition) is 2. The fourth-order valence-corrected chi connectivity index (χ4v) is 5.67. The molecular formula is C11H18N2O2S3. The third-order valence-electron chi connectivity index (χ3n) is 3.17. The molecule has 1 aromatic heterocycles. The van der Waals surface area contributed by atoms with Crippen molar-refractivity contribution in [1.29, 1.82) is 0 Å². The highest BCUT2D eigenvalue weighted by Crippen LogP contribution is 2.29. The van der Waals surface area contributed by atoms with Crippen LogP contribution < -0.4 is 10.5 Å². The van der Waals surface area contributed by atoms with Crippen LogP contribution in [0.15, 0.2) is 15.7 Å². The fraction of sp³-hybridized carbons (Fsp3) is 0.636. The van der Waals surface area contributed by atoms with Crippen molar-refractivity contribution in [1.82, 2.24) is 4.72 Å². The van der Waals surface area contributed by atoms with E-state index < -0.39 is 10.0 Å². The zero-order valence-electron chi connectivity index (χ0n) is 10.3. The lowest BCUT2D eigenvalue weighted by Crippen LogP contribution is -2.43. The number of hydrogen-bond acceptors (Lipinski definition) is 5. The Bertz CT molecular complexity index is 498. The Hall–Kier alpha value is -0.240. The molecular weight excluding hydrogens is 288 g/mol. The topological polar surface area (TPSA) is 72.2 Å². The van der Waals surface area contributed by atoms with Gasteiger partial charge in [0.2, 0.25) is 10.0 Å². The average molecular weight is 306 g/mol. The maximum absolute atomic E-state index is 12.2. The van der Waals surface area contributed by atoms with Gasteiger partial charge in [-0.3, -0.25) is 0 Å². The van der Waals surface area contributed by atoms with Gasteiger partial charge in [0.1, 0.15) is 4.21 Å². The van der Waals surface area contributed by atoms with E-state index in [1.54, 1.807) is 17.1 Å². The summed E-state index contributed by atoms with van der Waals surface area (Å²) in [6, 6.07) is 1.56. The molecule has 0 radical (unpaired) electrons. The Morgan fingerprint density at radius 3 is 2.78 bits per heavy atom. The van der Waals surface area contributed by atoms with Crippen molar-refractivity contribution in [2.24, 2.45) is 0 Å². The molecule has 0 aromatic carbocycles. The van der Waals surface area contributed by atoms with Gasteiger partial charge in [0.05, 0.1) is 0 Å². The van der Waals surface area contributed by atoms with Crippen LogP contribution in [0.2, 0.25) is 0 Å². The Kier molecular flexibility index (Phi) is 4.58. The van der Waals surface area contributed by atoms with Crippen LogP contribution in [0.4, 0.5) is 5.69 Å². The lowest BCUT2D eigenvalue weighted by molar-refractivity contribution is 0.423. The first kappa shape index (κ1) is 14.2. The minimum Gasteiger partial charge on any atom is -0.398 e. The minimum absolute atomic E-state index is 0.0436. The molecule has 0 aliphatic heterocycles. The molecule has 18 heavy (non-hydrogen) atoms. The maximum atomic E-state index is 12.2. The van der Waals surface area contributed by atoms with Crippen LogP contribution in [0.3, 0.4) is 0 Å². The molecule has 0 bridgehead atoms. The summed E-state index contributed by atoms with van der Waals surface area (Å²) in [6.45, 7) is 0. The van der Waals surface area contributed by atoms with Crippen molar-refractivity contribution in [3.63, 3.8) is 0 Å². The lowest BCUT2D eigenvalue weighted by atomic mass is 9.96. The third-order valence-corrected chi connectivity index (χ3v) is 7.29. The highest BCUT2D eigenvalue weighted by atomic mass is 32.2. The van der Waals surface area contributed by atoms with Crippen LogP contribution in [0.1, 0.15) is 25.7 Å². The van der Waals surface area contributed by atoms with E-state index in [1.807, 2.05) is 6.26 Å². The molecule has 3 N–H and O–H groups in total. The molecule has 0 amide bonds. The van der Waals surface area contributed by atoms with Crippen LogP contribution in [-0.2, 0) is 10.0 Å². The van der Waals surface area contributed by atoms with Crippen molar-refractivity contribution in [3.05, 3.63) is 11.4 Å². The van der Waals surface area contributed by atoms with Gasteiger partial charge in [-0.05, 0) is 25.2 Å². The van der Waals surface area contributed by atoms with Crippen LogP contribution in [0.5, 0.6) is 0 Å². The predicted octanol–water partition coefficient (Wildman–Crippen LogP) is 2.28. The van der Waals surface area contributed by atoms with Gasteiger partial charge in [-0.25, -0.2) is 13.1 Å². The second-order valence-corrected chi connectivity index (χ2v) is 8.41. The van der Waals surface area contributed by atoms with Crippen molar-refractivity contribution >= 4 is 38.8 Å². The van der Waals surface area contributed by atoms with Crippen LogP contribution in [0, 0.1) is 0 Å². The van der Waals surface area contributed by atoms with E-state index in [4.69, 9.17) is 5.73 Å². The van der Waals surface area contributed by atoms with E-state index in [9.17, 15) is 8.42 Å². The van der Waals surface area contributed by atoms with Gasteiger partial charge in [-0.2, -0.15) is 11.8 Å². The lowest BCUT2D eigenvalue weighted by Gasteiger charge is -2.30. The van der Waals surface area contributed by atoms with Crippen LogP contribution in [-0.4, -0.2) is 26.0 Å². The third kappa shape index (κ3) is 3.20. The molecule has 1 aliphatic rings. The van der Waals surface area contributed by atoms with Gasteiger partial charge in [-0.1, -0.05) is 12.8 Å². The van der Waals surface area contributed by atoms with E-state index >= 15 is 0 Å². The molecule has 1 heterocycles. The number of thiophene rings is 1. The number of nitrogens with one attached hydrogen (secondary N) is 1. The van der Waals surface area contributed by atoms with E-state index in [-0.39, 0.29) is 6.04 Å². The van der Waals surface area contributed by atoms with E-state index in [2.05, 4.69) is 4.72 Å². The molecule has 1 aliphatic carbocycles. The molecule has 2 unspecified atom stereocenters. The predicted molar refractivity (Wildman–Crippen MR) is 78.6 cm³/mol. The van der Waals surface area contributed by atoms with Crippen molar-refractivity contribution in [3.8, 4) is 0 Å². The molecule has 1 aromatic rings. The molecule has 0 spiro atoms. The van der Waals surface area contributed by atoms with Crippen molar-refractivity contribution in [2.45, 2.75) is 41.2 Å². The molecule has 4 nitrogen and oxygen atoms in total. The number of sulfonamides is 1. The van der Waals surface area contributed by atoms with Gasteiger partial charge in [0.25, 0.3) is 0 Å². The molecule has 1 fully saturated rings. The molecule has 1 saturated carbocycles. The summed E-state index contributed by atoms with van der Waals surface area (Å²) in [5, 5.41) is 2.03. The molecule has 7 heteroatoms. The quantitative estimate of drug-likeness (QED) is 0.895. The average Bonchev–Trinajstić information content (AvgIpc) is 2.77. The first-order chi connectivity index (χ1) is 8.53. The van der Waals surface area contributed by atoms with Gasteiger partial charge < -0.3 is 5.73 Å². The monoisotopic (exact) mass is 306 g/mol. The zero-order chi connectivity index (χ0) is 13.2. The summed E-state index contributed by atoms with van der Waals surface area (Å²) in [5.41, 5.74) is 6.08. The molecule has 0 saturated heterocycles. The number of thioether (sulfide) groups is 1. The van der Waals surface area contributed by atoms with Crippen LogP contribution >= 0.6 is 23.1 Å². The Balaban J connectivity index is 2.12.